The monoisotopic (exact) mass is 213 g/mol. The van der Waals surface area contributed by atoms with Crippen LogP contribution in [0, 0.1) is 11.8 Å². The first-order valence-corrected chi connectivity index (χ1v) is 5.54. The summed E-state index contributed by atoms with van der Waals surface area (Å²) in [6.45, 7) is 4.40. The second-order valence-electron chi connectivity index (χ2n) is 4.72. The van der Waals surface area contributed by atoms with Gasteiger partial charge in [0.2, 0.25) is 0 Å². The molecule has 4 N–H and O–H groups in total. The quantitative estimate of drug-likeness (QED) is 0.570. The van der Waals surface area contributed by atoms with Crippen LogP contribution in [0.3, 0.4) is 0 Å². The highest BCUT2D eigenvalue weighted by atomic mass is 16.3. The van der Waals surface area contributed by atoms with Crippen LogP contribution in [0.25, 0.3) is 0 Å². The molecule has 2 fully saturated rings. The lowest BCUT2D eigenvalue weighted by atomic mass is 9.91. The Balaban J connectivity index is 2.09. The number of primary amides is 1. The van der Waals surface area contributed by atoms with E-state index in [1.165, 1.54) is 0 Å². The Morgan fingerprint density at radius 2 is 2.40 bits per heavy atom. The van der Waals surface area contributed by atoms with Gasteiger partial charge in [-0.1, -0.05) is 0 Å². The molecule has 3 unspecified atom stereocenters. The van der Waals surface area contributed by atoms with Gasteiger partial charge in [-0.25, -0.2) is 4.79 Å². The summed E-state index contributed by atoms with van der Waals surface area (Å²) in [7, 11) is 0. The average molecular weight is 213 g/mol. The summed E-state index contributed by atoms with van der Waals surface area (Å²) in [6.07, 6.45) is 0.252. The number of nitrogens with two attached hydrogens (primary N) is 1. The first kappa shape index (κ1) is 10.7. The minimum atomic E-state index is -0.379. The van der Waals surface area contributed by atoms with Crippen LogP contribution in [0.5, 0.6) is 0 Å². The molecule has 0 radical (unpaired) electrons. The van der Waals surface area contributed by atoms with E-state index in [1.807, 2.05) is 0 Å². The lowest BCUT2D eigenvalue weighted by molar-refractivity contribution is 0.129. The highest BCUT2D eigenvalue weighted by molar-refractivity contribution is 5.73. The molecule has 0 aromatic rings. The number of aliphatic hydroxyl groups is 1. The molecule has 2 amide bonds. The number of urea groups is 1. The second-order valence-corrected chi connectivity index (χ2v) is 4.72. The first-order chi connectivity index (χ1) is 7.09. The van der Waals surface area contributed by atoms with Gasteiger partial charge >= 0.3 is 6.03 Å². The Kier molecular flexibility index (Phi) is 2.84. The fourth-order valence-electron chi connectivity index (χ4n) is 2.93. The SMILES string of the molecule is C[C@@H](O)CC1C2CNCC2CN1C(N)=O. The van der Waals surface area contributed by atoms with Crippen LogP contribution in [-0.4, -0.2) is 47.8 Å². The zero-order valence-corrected chi connectivity index (χ0v) is 9.02. The molecule has 0 aromatic heterocycles. The van der Waals surface area contributed by atoms with Crippen LogP contribution in [0.2, 0.25) is 0 Å². The van der Waals surface area contributed by atoms with E-state index in [9.17, 15) is 9.90 Å². The van der Waals surface area contributed by atoms with Crippen LogP contribution >= 0.6 is 0 Å². The fraction of sp³-hybridized carbons (Fsp3) is 0.900. The van der Waals surface area contributed by atoms with Gasteiger partial charge in [-0.2, -0.15) is 0 Å². The van der Waals surface area contributed by atoms with Gasteiger partial charge < -0.3 is 21.1 Å². The third-order valence-corrected chi connectivity index (χ3v) is 3.58. The molecule has 15 heavy (non-hydrogen) atoms. The number of hydrogen-bond acceptors (Lipinski definition) is 3. The lowest BCUT2D eigenvalue weighted by Crippen LogP contribution is -2.44. The van der Waals surface area contributed by atoms with Crippen molar-refractivity contribution in [3.8, 4) is 0 Å². The Bertz CT molecular complexity index is 257. The van der Waals surface area contributed by atoms with Gasteiger partial charge in [0.1, 0.15) is 0 Å². The number of carbonyl (C=O) groups excluding carboxylic acids is 1. The highest BCUT2D eigenvalue weighted by Crippen LogP contribution is 2.34. The predicted molar refractivity (Wildman–Crippen MR) is 56.2 cm³/mol. The molecule has 2 aliphatic heterocycles. The molecule has 2 aliphatic rings. The molecule has 0 spiro atoms. The maximum Gasteiger partial charge on any atom is 0.315 e. The summed E-state index contributed by atoms with van der Waals surface area (Å²) in [5.74, 6) is 0.980. The van der Waals surface area contributed by atoms with E-state index in [-0.39, 0.29) is 18.2 Å². The molecular formula is C10H19N3O2. The molecule has 0 aliphatic carbocycles. The van der Waals surface area contributed by atoms with Gasteiger partial charge in [0, 0.05) is 25.7 Å². The number of fused-ring (bicyclic) bond motifs is 1. The minimum absolute atomic E-state index is 0.113. The molecule has 2 saturated heterocycles. The van der Waals surface area contributed by atoms with Gasteiger partial charge in [-0.15, -0.1) is 0 Å². The Labute approximate surface area is 89.6 Å². The fourth-order valence-corrected chi connectivity index (χ4v) is 2.93. The van der Waals surface area contributed by atoms with E-state index in [0.29, 0.717) is 18.3 Å². The van der Waals surface area contributed by atoms with Gasteiger partial charge in [0.15, 0.2) is 0 Å². The van der Waals surface area contributed by atoms with E-state index in [0.717, 1.165) is 19.6 Å². The molecule has 0 aromatic carbocycles. The van der Waals surface area contributed by atoms with Crippen LogP contribution in [-0.2, 0) is 0 Å². The third-order valence-electron chi connectivity index (χ3n) is 3.58. The molecule has 5 heteroatoms. The van der Waals surface area contributed by atoms with Crippen molar-refractivity contribution in [2.45, 2.75) is 25.5 Å². The number of hydrogen-bond donors (Lipinski definition) is 3. The molecule has 2 rings (SSSR count). The smallest absolute Gasteiger partial charge is 0.315 e. The molecule has 2 heterocycles. The van der Waals surface area contributed by atoms with E-state index in [4.69, 9.17) is 5.73 Å². The van der Waals surface area contributed by atoms with Crippen LogP contribution in [0.1, 0.15) is 13.3 Å². The summed E-state index contributed by atoms with van der Waals surface area (Å²) in [4.78, 5) is 13.0. The van der Waals surface area contributed by atoms with Crippen LogP contribution in [0.15, 0.2) is 0 Å². The van der Waals surface area contributed by atoms with E-state index in [2.05, 4.69) is 5.32 Å². The van der Waals surface area contributed by atoms with Crippen molar-refractivity contribution in [1.82, 2.24) is 10.2 Å². The predicted octanol–water partition coefficient (Wildman–Crippen LogP) is -0.644. The average Bonchev–Trinajstić information content (AvgIpc) is 2.66. The van der Waals surface area contributed by atoms with Crippen molar-refractivity contribution < 1.29 is 9.90 Å². The summed E-state index contributed by atoms with van der Waals surface area (Å²) >= 11 is 0. The maximum absolute atomic E-state index is 11.3. The van der Waals surface area contributed by atoms with Gasteiger partial charge in [0.05, 0.1) is 6.10 Å². The topological polar surface area (TPSA) is 78.6 Å². The molecule has 86 valence electrons. The summed E-state index contributed by atoms with van der Waals surface area (Å²) in [5, 5.41) is 12.8. The maximum atomic E-state index is 11.3. The van der Waals surface area contributed by atoms with Gasteiger partial charge in [-0.3, -0.25) is 0 Å². The molecule has 4 atom stereocenters. The Morgan fingerprint density at radius 3 is 3.00 bits per heavy atom. The van der Waals surface area contributed by atoms with Crippen molar-refractivity contribution in [2.24, 2.45) is 17.6 Å². The number of carbonyl (C=O) groups is 1. The molecule has 0 bridgehead atoms. The second kappa shape index (κ2) is 3.98. The number of aliphatic hydroxyl groups excluding tert-OH is 1. The normalized spacial score (nSPS) is 36.7. The number of rotatable bonds is 2. The van der Waals surface area contributed by atoms with E-state index >= 15 is 0 Å². The summed E-state index contributed by atoms with van der Waals surface area (Å²) < 4.78 is 0. The first-order valence-electron chi connectivity index (χ1n) is 5.54. The third kappa shape index (κ3) is 1.94. The van der Waals surface area contributed by atoms with Crippen molar-refractivity contribution in [3.05, 3.63) is 0 Å². The number of nitrogens with zero attached hydrogens (tertiary/aromatic N) is 1. The largest absolute Gasteiger partial charge is 0.393 e. The zero-order valence-electron chi connectivity index (χ0n) is 9.02. The summed E-state index contributed by atoms with van der Waals surface area (Å²) in [6, 6.07) is -0.238. The van der Waals surface area contributed by atoms with Crippen molar-refractivity contribution >= 4 is 6.03 Å². The van der Waals surface area contributed by atoms with Crippen molar-refractivity contribution in [2.75, 3.05) is 19.6 Å². The summed E-state index contributed by atoms with van der Waals surface area (Å²) in [5.41, 5.74) is 5.35. The van der Waals surface area contributed by atoms with Crippen molar-refractivity contribution in [3.63, 3.8) is 0 Å². The van der Waals surface area contributed by atoms with Gasteiger partial charge in [0.25, 0.3) is 0 Å². The zero-order chi connectivity index (χ0) is 11.0. The van der Waals surface area contributed by atoms with E-state index < -0.39 is 0 Å². The minimum Gasteiger partial charge on any atom is -0.393 e. The number of likely N-dealkylation sites (tertiary alicyclic amines) is 1. The van der Waals surface area contributed by atoms with Crippen LogP contribution < -0.4 is 11.1 Å². The highest BCUT2D eigenvalue weighted by Gasteiger charge is 2.45. The van der Waals surface area contributed by atoms with E-state index in [1.54, 1.807) is 11.8 Å². The van der Waals surface area contributed by atoms with Gasteiger partial charge in [-0.05, 0) is 25.2 Å². The number of amides is 2. The molecular weight excluding hydrogens is 194 g/mol. The Morgan fingerprint density at radius 1 is 1.67 bits per heavy atom. The lowest BCUT2D eigenvalue weighted by Gasteiger charge is -2.27. The Hall–Kier alpha value is -0.810. The van der Waals surface area contributed by atoms with Crippen LogP contribution in [0.4, 0.5) is 4.79 Å². The number of nitrogens with one attached hydrogen (secondary N) is 1. The molecule has 0 saturated carbocycles. The molecule has 5 nitrogen and oxygen atoms in total. The standard InChI is InChI=1S/C10H19N3O2/c1-6(14)2-9-8-4-12-3-7(8)5-13(9)10(11)15/h6-9,12,14H,2-5H2,1H3,(H2,11,15)/t6-,7?,8?,9?/m1/s1. The van der Waals surface area contributed by atoms with Crippen molar-refractivity contribution in [1.29, 1.82) is 0 Å².